The molecule has 1 aromatic heterocycles. The Morgan fingerprint density at radius 2 is 2.08 bits per heavy atom. The van der Waals surface area contributed by atoms with Gasteiger partial charge in [-0.05, 0) is 35.0 Å². The van der Waals surface area contributed by atoms with Crippen LogP contribution in [0.2, 0.25) is 0 Å². The number of benzene rings is 1. The Morgan fingerprint density at radius 3 is 2.62 bits per heavy atom. The minimum Gasteiger partial charge on any atom is -0.505 e. The predicted octanol–water partition coefficient (Wildman–Crippen LogP) is 1.34. The van der Waals surface area contributed by atoms with Crippen LogP contribution < -0.4 is 16.4 Å². The molecular weight excluding hydrogens is 406 g/mol. The van der Waals surface area contributed by atoms with Crippen LogP contribution in [0.5, 0.6) is 5.75 Å². The van der Waals surface area contributed by atoms with E-state index in [1.807, 2.05) is 6.07 Å². The zero-order valence-corrected chi connectivity index (χ0v) is 15.8. The van der Waals surface area contributed by atoms with Gasteiger partial charge in [0.2, 0.25) is 0 Å². The summed E-state index contributed by atoms with van der Waals surface area (Å²) in [7, 11) is 3.00. The van der Waals surface area contributed by atoms with Crippen LogP contribution in [0.3, 0.4) is 0 Å². The van der Waals surface area contributed by atoms with Crippen LogP contribution in [0.25, 0.3) is 0 Å². The number of aromatic nitrogens is 2. The molecule has 1 amide bonds. The molecule has 9 nitrogen and oxygen atoms in total. The number of aromatic hydroxyl groups is 1. The van der Waals surface area contributed by atoms with E-state index in [2.05, 4.69) is 26.3 Å². The highest BCUT2D eigenvalue weighted by molar-refractivity contribution is 9.10. The summed E-state index contributed by atoms with van der Waals surface area (Å²) in [5.41, 5.74) is -1.25. The summed E-state index contributed by atoms with van der Waals surface area (Å²) in [5, 5.41) is 24.7. The van der Waals surface area contributed by atoms with Crippen LogP contribution in [0.15, 0.2) is 26.2 Å². The second-order valence-corrected chi connectivity index (χ2v) is 6.33. The standard InChI is InChI=1S/C16H16BrN5O4/c1-4-22-16(26)12(11(17)14(24)20-22)19-10-6-8(7-18)5-9(13(10)23)15(25)21(2)3/h5-6,19,23H,4H2,1-3H3,(H,20,24). The van der Waals surface area contributed by atoms with Crippen molar-refractivity contribution < 1.29 is 9.90 Å². The largest absolute Gasteiger partial charge is 0.505 e. The van der Waals surface area contributed by atoms with E-state index in [0.717, 1.165) is 4.68 Å². The third kappa shape index (κ3) is 3.48. The number of nitrogens with zero attached hydrogens (tertiary/aromatic N) is 3. The zero-order valence-electron chi connectivity index (χ0n) is 14.3. The van der Waals surface area contributed by atoms with E-state index < -0.39 is 22.8 Å². The van der Waals surface area contributed by atoms with Crippen molar-refractivity contribution in [3.8, 4) is 11.8 Å². The van der Waals surface area contributed by atoms with Gasteiger partial charge in [-0.15, -0.1) is 0 Å². The van der Waals surface area contributed by atoms with Crippen LogP contribution in [0.1, 0.15) is 22.8 Å². The predicted molar refractivity (Wildman–Crippen MR) is 98.8 cm³/mol. The third-order valence-corrected chi connectivity index (χ3v) is 4.32. The van der Waals surface area contributed by atoms with E-state index in [1.165, 1.54) is 31.1 Å². The number of aromatic amines is 1. The maximum Gasteiger partial charge on any atom is 0.290 e. The lowest BCUT2D eigenvalue weighted by atomic mass is 10.1. The molecule has 0 aliphatic heterocycles. The average Bonchev–Trinajstić information content (AvgIpc) is 2.62. The van der Waals surface area contributed by atoms with Crippen molar-refractivity contribution in [1.29, 1.82) is 5.26 Å². The Labute approximate surface area is 156 Å². The number of H-pyrrole nitrogens is 1. The molecule has 0 atom stereocenters. The Hall–Kier alpha value is -3.06. The number of carbonyl (C=O) groups is 1. The highest BCUT2D eigenvalue weighted by Crippen LogP contribution is 2.32. The van der Waals surface area contributed by atoms with Gasteiger partial charge in [0.15, 0.2) is 5.75 Å². The van der Waals surface area contributed by atoms with Gasteiger partial charge in [-0.3, -0.25) is 19.5 Å². The fourth-order valence-electron chi connectivity index (χ4n) is 2.23. The van der Waals surface area contributed by atoms with Crippen LogP contribution in [0, 0.1) is 11.3 Å². The van der Waals surface area contributed by atoms with Crippen LogP contribution in [0.4, 0.5) is 11.4 Å². The van der Waals surface area contributed by atoms with Gasteiger partial charge in [0.25, 0.3) is 17.0 Å². The molecule has 0 saturated heterocycles. The van der Waals surface area contributed by atoms with Crippen molar-refractivity contribution in [2.75, 3.05) is 19.4 Å². The fourth-order valence-corrected chi connectivity index (χ4v) is 2.59. The maximum atomic E-state index is 12.4. The summed E-state index contributed by atoms with van der Waals surface area (Å²) in [6, 6.07) is 4.43. The molecule has 1 aromatic carbocycles. The first-order valence-corrected chi connectivity index (χ1v) is 8.28. The number of hydrogen-bond donors (Lipinski definition) is 3. The summed E-state index contributed by atoms with van der Waals surface area (Å²) < 4.78 is 1.03. The number of phenols is 1. The highest BCUT2D eigenvalue weighted by Gasteiger charge is 2.20. The molecule has 3 N–H and O–H groups in total. The van der Waals surface area contributed by atoms with Gasteiger partial charge in [-0.1, -0.05) is 0 Å². The number of hydrogen-bond acceptors (Lipinski definition) is 6. The maximum absolute atomic E-state index is 12.4. The molecule has 0 bridgehead atoms. The van der Waals surface area contributed by atoms with Crippen LogP contribution >= 0.6 is 15.9 Å². The SMILES string of the molecule is CCn1[nH]c(=O)c(Br)c(Nc2cc(C#N)cc(C(=O)N(C)C)c2O)c1=O. The summed E-state index contributed by atoms with van der Waals surface area (Å²) >= 11 is 3.04. The van der Waals surface area contributed by atoms with Gasteiger partial charge in [0.1, 0.15) is 10.2 Å². The third-order valence-electron chi connectivity index (χ3n) is 3.57. The molecule has 10 heteroatoms. The van der Waals surface area contributed by atoms with Crippen molar-refractivity contribution in [2.24, 2.45) is 0 Å². The molecule has 0 radical (unpaired) electrons. The Kier molecular flexibility index (Phi) is 5.52. The smallest absolute Gasteiger partial charge is 0.290 e. The number of phenolic OH excluding ortho intramolecular Hbond substituents is 1. The molecule has 0 unspecified atom stereocenters. The first-order valence-electron chi connectivity index (χ1n) is 7.49. The van der Waals surface area contributed by atoms with E-state index >= 15 is 0 Å². The first kappa shape index (κ1) is 19.3. The quantitative estimate of drug-likeness (QED) is 0.638. The van der Waals surface area contributed by atoms with Gasteiger partial charge in [0, 0.05) is 20.6 Å². The number of anilines is 2. The summed E-state index contributed by atoms with van der Waals surface area (Å²) in [6.45, 7) is 1.90. The molecule has 1 heterocycles. The lowest BCUT2D eigenvalue weighted by molar-refractivity contribution is 0.0824. The van der Waals surface area contributed by atoms with Crippen LogP contribution in [-0.4, -0.2) is 39.8 Å². The molecule has 0 saturated carbocycles. The van der Waals surface area contributed by atoms with Gasteiger partial charge in [-0.25, -0.2) is 4.68 Å². The van der Waals surface area contributed by atoms with Crippen molar-refractivity contribution in [3.63, 3.8) is 0 Å². The lowest BCUT2D eigenvalue weighted by Crippen LogP contribution is -2.31. The number of aryl methyl sites for hydroxylation is 1. The second-order valence-electron chi connectivity index (χ2n) is 5.54. The van der Waals surface area contributed by atoms with Gasteiger partial charge < -0.3 is 15.3 Å². The lowest BCUT2D eigenvalue weighted by Gasteiger charge is -2.16. The van der Waals surface area contributed by atoms with E-state index in [9.17, 15) is 24.8 Å². The monoisotopic (exact) mass is 421 g/mol. The summed E-state index contributed by atoms with van der Waals surface area (Å²) in [5.74, 6) is -0.948. The fraction of sp³-hybridized carbons (Fsp3) is 0.250. The normalized spacial score (nSPS) is 10.3. The summed E-state index contributed by atoms with van der Waals surface area (Å²) in [6.07, 6.45) is 0. The van der Waals surface area contributed by atoms with Crippen molar-refractivity contribution >= 4 is 33.2 Å². The molecule has 2 rings (SSSR count). The second kappa shape index (κ2) is 7.45. The zero-order chi connectivity index (χ0) is 19.6. The van der Waals surface area contributed by atoms with E-state index in [1.54, 1.807) is 6.92 Å². The van der Waals surface area contributed by atoms with E-state index in [4.69, 9.17) is 0 Å². The van der Waals surface area contributed by atoms with Crippen molar-refractivity contribution in [1.82, 2.24) is 14.7 Å². The van der Waals surface area contributed by atoms with E-state index in [-0.39, 0.29) is 33.5 Å². The van der Waals surface area contributed by atoms with Gasteiger partial charge in [-0.2, -0.15) is 5.26 Å². The molecule has 0 fully saturated rings. The Bertz CT molecular complexity index is 1030. The Balaban J connectivity index is 2.69. The molecular formula is C16H16BrN5O4. The van der Waals surface area contributed by atoms with E-state index in [0.29, 0.717) is 0 Å². The number of nitrogens with one attached hydrogen (secondary N) is 2. The van der Waals surface area contributed by atoms with Gasteiger partial charge in [0.05, 0.1) is 22.9 Å². The number of halogens is 1. The number of rotatable bonds is 4. The molecule has 26 heavy (non-hydrogen) atoms. The van der Waals surface area contributed by atoms with Gasteiger partial charge >= 0.3 is 0 Å². The number of amides is 1. The number of nitriles is 1. The molecule has 0 aliphatic rings. The molecule has 0 aliphatic carbocycles. The van der Waals surface area contributed by atoms with Crippen molar-refractivity contribution in [2.45, 2.75) is 13.5 Å². The Morgan fingerprint density at radius 1 is 1.42 bits per heavy atom. The topological polar surface area (TPSA) is 131 Å². The van der Waals surface area contributed by atoms with Crippen LogP contribution in [-0.2, 0) is 6.54 Å². The average molecular weight is 422 g/mol. The summed E-state index contributed by atoms with van der Waals surface area (Å²) in [4.78, 5) is 37.9. The number of carbonyl (C=O) groups excluding carboxylic acids is 1. The molecule has 136 valence electrons. The minimum atomic E-state index is -0.547. The molecule has 2 aromatic rings. The first-order chi connectivity index (χ1) is 12.2. The highest BCUT2D eigenvalue weighted by atomic mass is 79.9. The van der Waals surface area contributed by atoms with Crippen molar-refractivity contribution in [3.05, 3.63) is 48.4 Å². The molecule has 0 spiro atoms. The minimum absolute atomic E-state index is 0.0414.